The van der Waals surface area contributed by atoms with E-state index in [-0.39, 0.29) is 12.7 Å². The van der Waals surface area contributed by atoms with E-state index in [0.717, 1.165) is 0 Å². The van der Waals surface area contributed by atoms with Crippen molar-refractivity contribution in [1.82, 2.24) is 5.32 Å². The van der Waals surface area contributed by atoms with Crippen LogP contribution in [0.15, 0.2) is 0 Å². The Morgan fingerprint density at radius 1 is 1.33 bits per heavy atom. The maximum absolute atomic E-state index is 10.8. The maximum Gasteiger partial charge on any atom is 0.407 e. The molecule has 0 saturated heterocycles. The number of aliphatic hydroxyl groups excluding tert-OH is 1. The average molecular weight is 221 g/mol. The van der Waals surface area contributed by atoms with Crippen molar-refractivity contribution in [2.24, 2.45) is 0 Å². The summed E-state index contributed by atoms with van der Waals surface area (Å²) in [5, 5.41) is 10.9. The molecule has 0 spiro atoms. The van der Waals surface area contributed by atoms with Crippen molar-refractivity contribution in [3.63, 3.8) is 0 Å². The van der Waals surface area contributed by atoms with E-state index in [9.17, 15) is 4.79 Å². The monoisotopic (exact) mass is 221 g/mol. The van der Waals surface area contributed by atoms with Crippen molar-refractivity contribution in [3.05, 3.63) is 0 Å². The van der Waals surface area contributed by atoms with Gasteiger partial charge in [0.05, 0.1) is 25.9 Å². The smallest absolute Gasteiger partial charge is 0.407 e. The summed E-state index contributed by atoms with van der Waals surface area (Å²) in [7, 11) is 0. The third kappa shape index (κ3) is 15.9. The minimum atomic E-state index is -0.442. The van der Waals surface area contributed by atoms with E-state index >= 15 is 0 Å². The van der Waals surface area contributed by atoms with Crippen LogP contribution in [-0.2, 0) is 9.47 Å². The molecule has 0 rings (SSSR count). The van der Waals surface area contributed by atoms with Gasteiger partial charge in [0.25, 0.3) is 0 Å². The minimum absolute atomic E-state index is 0.00353. The van der Waals surface area contributed by atoms with Crippen molar-refractivity contribution in [2.45, 2.75) is 33.8 Å². The lowest BCUT2D eigenvalue weighted by Crippen LogP contribution is -2.30. The summed E-state index contributed by atoms with van der Waals surface area (Å²) >= 11 is 0. The highest BCUT2D eigenvalue weighted by Gasteiger charge is 2.02. The van der Waals surface area contributed by atoms with Crippen LogP contribution in [0.25, 0.3) is 0 Å². The number of amides is 1. The largest absolute Gasteiger partial charge is 0.447 e. The van der Waals surface area contributed by atoms with Crippen LogP contribution in [0, 0.1) is 0 Å². The Labute approximate surface area is 91.8 Å². The van der Waals surface area contributed by atoms with Gasteiger partial charge in [0.2, 0.25) is 0 Å². The molecule has 0 radical (unpaired) electrons. The topological polar surface area (TPSA) is 67.8 Å². The first-order chi connectivity index (χ1) is 7.16. The third-order valence-electron chi connectivity index (χ3n) is 1.09. The van der Waals surface area contributed by atoms with Crippen LogP contribution in [0.2, 0.25) is 0 Å². The van der Waals surface area contributed by atoms with Crippen molar-refractivity contribution in [1.29, 1.82) is 0 Å². The van der Waals surface area contributed by atoms with Crippen LogP contribution in [-0.4, -0.2) is 43.7 Å². The van der Waals surface area contributed by atoms with Gasteiger partial charge in [-0.1, -0.05) is 13.8 Å². The lowest BCUT2D eigenvalue weighted by molar-refractivity contribution is 0.0864. The van der Waals surface area contributed by atoms with Crippen molar-refractivity contribution >= 4 is 6.09 Å². The van der Waals surface area contributed by atoms with Gasteiger partial charge in [0.15, 0.2) is 0 Å². The van der Waals surface area contributed by atoms with Crippen LogP contribution in [0.1, 0.15) is 27.7 Å². The van der Waals surface area contributed by atoms with E-state index in [1.54, 1.807) is 13.8 Å². The molecule has 2 N–H and O–H groups in total. The van der Waals surface area contributed by atoms with Gasteiger partial charge in [-0.05, 0) is 13.8 Å². The molecular formula is C10H23NO4. The lowest BCUT2D eigenvalue weighted by Gasteiger charge is -2.09. The molecule has 1 amide bonds. The first-order valence-electron chi connectivity index (χ1n) is 5.30. The summed E-state index contributed by atoms with van der Waals surface area (Å²) in [6, 6.07) is 0. The highest BCUT2D eigenvalue weighted by Crippen LogP contribution is 1.87. The Morgan fingerprint density at radius 3 is 2.40 bits per heavy atom. The van der Waals surface area contributed by atoms with E-state index in [4.69, 9.17) is 14.6 Å². The van der Waals surface area contributed by atoms with Crippen molar-refractivity contribution in [2.75, 3.05) is 26.4 Å². The number of rotatable bonds is 6. The molecule has 15 heavy (non-hydrogen) atoms. The molecule has 5 nitrogen and oxygen atoms in total. The zero-order chi connectivity index (χ0) is 12.1. The maximum atomic E-state index is 10.8. The molecule has 92 valence electrons. The molecule has 0 aliphatic heterocycles. The Hall–Kier alpha value is -0.810. The second-order valence-electron chi connectivity index (χ2n) is 2.72. The average Bonchev–Trinajstić information content (AvgIpc) is 2.19. The number of carbonyl (C=O) groups is 1. The molecule has 0 bridgehead atoms. The zero-order valence-corrected chi connectivity index (χ0v) is 10.1. The Kier molecular flexibility index (Phi) is 14.6. The number of nitrogens with one attached hydrogen (secondary N) is 1. The fourth-order valence-corrected chi connectivity index (χ4v) is 0.648. The predicted octanol–water partition coefficient (Wildman–Crippen LogP) is 1.16. The molecule has 0 saturated carbocycles. The third-order valence-corrected chi connectivity index (χ3v) is 1.09. The van der Waals surface area contributed by atoms with E-state index < -0.39 is 6.09 Å². The predicted molar refractivity (Wildman–Crippen MR) is 58.9 cm³/mol. The van der Waals surface area contributed by atoms with Gasteiger partial charge in [-0.15, -0.1) is 0 Å². The molecule has 0 aromatic rings. The number of carbonyl (C=O) groups excluding carboxylic acids is 1. The first-order valence-corrected chi connectivity index (χ1v) is 5.30. The molecule has 0 heterocycles. The van der Waals surface area contributed by atoms with Crippen molar-refractivity contribution in [3.8, 4) is 0 Å². The summed E-state index contributed by atoms with van der Waals surface area (Å²) in [5.41, 5.74) is 0. The molecule has 0 aromatic heterocycles. The standard InChI is InChI=1S/C8H17NO4.C2H6/c1-7(2)13-8(11)9-3-5-12-6-4-10;1-2/h7,10H,3-6H2,1-2H3,(H,9,11);1-2H3. The SMILES string of the molecule is CC.CC(C)OC(=O)NCCOCCO. The van der Waals surface area contributed by atoms with Crippen molar-refractivity contribution < 1.29 is 19.4 Å². The molecule has 0 atom stereocenters. The summed E-state index contributed by atoms with van der Waals surface area (Å²) in [6.07, 6.45) is -0.555. The van der Waals surface area contributed by atoms with Crippen LogP contribution >= 0.6 is 0 Å². The van der Waals surface area contributed by atoms with E-state index in [2.05, 4.69) is 5.32 Å². The molecule has 5 heteroatoms. The highest BCUT2D eigenvalue weighted by molar-refractivity contribution is 5.67. The highest BCUT2D eigenvalue weighted by atomic mass is 16.6. The second-order valence-corrected chi connectivity index (χ2v) is 2.72. The molecule has 0 aliphatic rings. The number of hydrogen-bond donors (Lipinski definition) is 2. The van der Waals surface area contributed by atoms with Crippen LogP contribution in [0.5, 0.6) is 0 Å². The van der Waals surface area contributed by atoms with Gasteiger partial charge < -0.3 is 19.9 Å². The van der Waals surface area contributed by atoms with Crippen LogP contribution < -0.4 is 5.32 Å². The lowest BCUT2D eigenvalue weighted by atomic mass is 10.5. The number of aliphatic hydroxyl groups is 1. The van der Waals surface area contributed by atoms with Gasteiger partial charge in [0.1, 0.15) is 0 Å². The van der Waals surface area contributed by atoms with Gasteiger partial charge in [-0.25, -0.2) is 4.79 Å². The second kappa shape index (κ2) is 13.2. The van der Waals surface area contributed by atoms with Gasteiger partial charge in [0, 0.05) is 6.54 Å². The summed E-state index contributed by atoms with van der Waals surface area (Å²) in [6.45, 7) is 8.63. The molecule has 0 fully saturated rings. The van der Waals surface area contributed by atoms with Gasteiger partial charge in [-0.2, -0.15) is 0 Å². The molecular weight excluding hydrogens is 198 g/mol. The Balaban J connectivity index is 0. The zero-order valence-electron chi connectivity index (χ0n) is 10.1. The van der Waals surface area contributed by atoms with E-state index in [1.807, 2.05) is 13.8 Å². The summed E-state index contributed by atoms with van der Waals surface area (Å²) in [4.78, 5) is 10.8. The normalized spacial score (nSPS) is 9.20. The summed E-state index contributed by atoms with van der Waals surface area (Å²) in [5.74, 6) is 0. The van der Waals surface area contributed by atoms with Crippen LogP contribution in [0.4, 0.5) is 4.79 Å². The van der Waals surface area contributed by atoms with Gasteiger partial charge in [-0.3, -0.25) is 0 Å². The number of ether oxygens (including phenoxy) is 2. The van der Waals surface area contributed by atoms with E-state index in [1.165, 1.54) is 0 Å². The fourth-order valence-electron chi connectivity index (χ4n) is 0.648. The Bertz CT molecular complexity index is 139. The van der Waals surface area contributed by atoms with Crippen LogP contribution in [0.3, 0.4) is 0 Å². The Morgan fingerprint density at radius 2 is 1.93 bits per heavy atom. The summed E-state index contributed by atoms with van der Waals surface area (Å²) < 4.78 is 9.72. The number of hydrogen-bond acceptors (Lipinski definition) is 4. The molecule has 0 unspecified atom stereocenters. The molecule has 0 aliphatic carbocycles. The molecule has 0 aromatic carbocycles. The number of alkyl carbamates (subject to hydrolysis) is 1. The minimum Gasteiger partial charge on any atom is -0.447 e. The van der Waals surface area contributed by atoms with Gasteiger partial charge >= 0.3 is 6.09 Å². The fraction of sp³-hybridized carbons (Fsp3) is 0.900. The quantitative estimate of drug-likeness (QED) is 0.660. The van der Waals surface area contributed by atoms with E-state index in [0.29, 0.717) is 19.8 Å². The first kappa shape index (κ1) is 16.6.